The number of esters is 1. The Hall–Kier alpha value is -3.73. The Morgan fingerprint density at radius 1 is 1.14 bits per heavy atom. The van der Waals surface area contributed by atoms with Gasteiger partial charge in [0, 0.05) is 29.4 Å². The van der Waals surface area contributed by atoms with Crippen molar-refractivity contribution in [2.24, 2.45) is 5.41 Å². The highest BCUT2D eigenvalue weighted by molar-refractivity contribution is 6.31. The molecule has 43 heavy (non-hydrogen) atoms. The van der Waals surface area contributed by atoms with E-state index in [-0.39, 0.29) is 38.2 Å². The minimum absolute atomic E-state index is 0.0995. The number of benzene rings is 2. The molecule has 4 atom stereocenters. The van der Waals surface area contributed by atoms with E-state index in [0.717, 1.165) is 0 Å². The molecule has 1 fully saturated rings. The number of halogens is 3. The SMILES string of the molecule is COC(=O)c1ccc(NC(=O)[C@@H]2N[C@@H](CC(C)(C)C)[C@@]3(C(=O)Nc4cc(Cl)ncc43)[C@H]2c2cccc(Cl)c2F)c(OC)c1. The topological polar surface area (TPSA) is 119 Å². The molecule has 3 aromatic rings. The molecular formula is C31H31Cl2FN4O5. The predicted octanol–water partition coefficient (Wildman–Crippen LogP) is 5.71. The molecule has 3 N–H and O–H groups in total. The molecule has 2 aromatic carbocycles. The number of hydrogen-bond donors (Lipinski definition) is 3. The first kappa shape index (κ1) is 30.7. The van der Waals surface area contributed by atoms with Gasteiger partial charge in [-0.25, -0.2) is 14.2 Å². The summed E-state index contributed by atoms with van der Waals surface area (Å²) in [7, 11) is 2.66. The average molecular weight is 630 g/mol. The van der Waals surface area contributed by atoms with Crippen molar-refractivity contribution in [3.05, 3.63) is 81.3 Å². The van der Waals surface area contributed by atoms with Crippen LogP contribution in [-0.4, -0.2) is 49.1 Å². The zero-order chi connectivity index (χ0) is 31.3. The Kier molecular flexibility index (Phi) is 8.15. The van der Waals surface area contributed by atoms with Crippen LogP contribution in [-0.2, 0) is 19.7 Å². The minimum Gasteiger partial charge on any atom is -0.495 e. The van der Waals surface area contributed by atoms with Crippen LogP contribution in [0, 0.1) is 11.2 Å². The van der Waals surface area contributed by atoms with Crippen molar-refractivity contribution in [2.45, 2.75) is 50.6 Å². The third-order valence-corrected chi connectivity index (χ3v) is 8.49. The van der Waals surface area contributed by atoms with Gasteiger partial charge in [0.2, 0.25) is 11.8 Å². The molecule has 9 nitrogen and oxygen atoms in total. The van der Waals surface area contributed by atoms with E-state index in [4.69, 9.17) is 32.7 Å². The predicted molar refractivity (Wildman–Crippen MR) is 161 cm³/mol. The molecule has 12 heteroatoms. The lowest BCUT2D eigenvalue weighted by Crippen LogP contribution is -2.49. The number of ether oxygens (including phenoxy) is 2. The van der Waals surface area contributed by atoms with E-state index in [1.165, 1.54) is 50.7 Å². The number of carbonyl (C=O) groups is 3. The summed E-state index contributed by atoms with van der Waals surface area (Å²) in [6.07, 6.45) is 1.96. The zero-order valence-electron chi connectivity index (χ0n) is 24.2. The number of fused-ring (bicyclic) bond motifs is 2. The number of anilines is 2. The van der Waals surface area contributed by atoms with Crippen LogP contribution in [0.1, 0.15) is 54.6 Å². The first-order valence-electron chi connectivity index (χ1n) is 13.6. The monoisotopic (exact) mass is 628 g/mol. The van der Waals surface area contributed by atoms with E-state index < -0.39 is 47.0 Å². The van der Waals surface area contributed by atoms with E-state index in [9.17, 15) is 14.4 Å². The molecule has 2 aliphatic rings. The fraction of sp³-hybridized carbons (Fsp3) is 0.355. The van der Waals surface area contributed by atoms with Gasteiger partial charge in [-0.15, -0.1) is 0 Å². The van der Waals surface area contributed by atoms with Gasteiger partial charge in [-0.3, -0.25) is 9.59 Å². The Morgan fingerprint density at radius 3 is 2.56 bits per heavy atom. The lowest BCUT2D eigenvalue weighted by molar-refractivity contribution is -0.122. The summed E-state index contributed by atoms with van der Waals surface area (Å²) in [6.45, 7) is 6.06. The number of methoxy groups -OCH3 is 2. The van der Waals surface area contributed by atoms with Crippen molar-refractivity contribution >= 4 is 52.4 Å². The number of carbonyl (C=O) groups excluding carboxylic acids is 3. The van der Waals surface area contributed by atoms with Crippen LogP contribution >= 0.6 is 23.2 Å². The number of nitrogens with one attached hydrogen (secondary N) is 3. The number of amides is 2. The van der Waals surface area contributed by atoms with Crippen molar-refractivity contribution in [3.63, 3.8) is 0 Å². The molecule has 2 aliphatic heterocycles. The van der Waals surface area contributed by atoms with Crippen molar-refractivity contribution in [1.82, 2.24) is 10.3 Å². The quantitative estimate of drug-likeness (QED) is 0.236. The van der Waals surface area contributed by atoms with Gasteiger partial charge in [-0.2, -0.15) is 0 Å². The fourth-order valence-electron chi connectivity index (χ4n) is 6.28. The highest BCUT2D eigenvalue weighted by atomic mass is 35.5. The summed E-state index contributed by atoms with van der Waals surface area (Å²) in [5, 5.41) is 9.21. The van der Waals surface area contributed by atoms with Crippen LogP contribution in [0.3, 0.4) is 0 Å². The average Bonchev–Trinajstić information content (AvgIpc) is 3.43. The maximum absolute atomic E-state index is 15.9. The second-order valence-corrected chi connectivity index (χ2v) is 12.6. The van der Waals surface area contributed by atoms with Crippen molar-refractivity contribution < 1.29 is 28.2 Å². The molecule has 0 bridgehead atoms. The third-order valence-electron chi connectivity index (χ3n) is 7.99. The fourth-order valence-corrected chi connectivity index (χ4v) is 6.62. The number of nitrogens with zero attached hydrogens (tertiary/aromatic N) is 1. The van der Waals surface area contributed by atoms with Crippen LogP contribution in [0.25, 0.3) is 0 Å². The van der Waals surface area contributed by atoms with Crippen LogP contribution in [0.2, 0.25) is 10.2 Å². The second kappa shape index (κ2) is 11.4. The molecule has 0 aliphatic carbocycles. The Bertz CT molecular complexity index is 1630. The van der Waals surface area contributed by atoms with Crippen molar-refractivity contribution in [2.75, 3.05) is 24.9 Å². The molecule has 0 unspecified atom stereocenters. The van der Waals surface area contributed by atoms with Gasteiger partial charge in [0.05, 0.1) is 36.5 Å². The zero-order valence-corrected chi connectivity index (χ0v) is 25.7. The van der Waals surface area contributed by atoms with E-state index >= 15 is 4.39 Å². The maximum Gasteiger partial charge on any atom is 0.337 e. The van der Waals surface area contributed by atoms with Crippen molar-refractivity contribution in [3.8, 4) is 5.75 Å². The third kappa shape index (κ3) is 5.32. The molecule has 1 saturated heterocycles. The van der Waals surface area contributed by atoms with E-state index in [2.05, 4.69) is 20.9 Å². The Balaban J connectivity index is 1.68. The normalized spacial score (nSPS) is 22.7. The lowest BCUT2D eigenvalue weighted by Gasteiger charge is -2.37. The van der Waals surface area contributed by atoms with Gasteiger partial charge >= 0.3 is 5.97 Å². The summed E-state index contributed by atoms with van der Waals surface area (Å²) in [4.78, 5) is 44.8. The van der Waals surface area contributed by atoms with Crippen LogP contribution < -0.4 is 20.7 Å². The summed E-state index contributed by atoms with van der Waals surface area (Å²) in [6, 6.07) is 8.78. The highest BCUT2D eigenvalue weighted by Crippen LogP contribution is 2.57. The standard InChI is InChI=1S/C31H31Cl2FN4O5/c1-30(2,3)13-22-31(17-14-35-23(33)12-20(17)37-29(31)41)24(16-7-6-8-18(32)25(16)34)26(38-22)27(39)36-19-10-9-15(28(40)43-5)11-21(19)42-4/h6-12,14,22,24,26,38H,13H2,1-5H3,(H,36,39)(H,37,41)/t22-,24-,26+,31+/m0/s1. The number of rotatable bonds is 6. The van der Waals surface area contributed by atoms with Crippen molar-refractivity contribution in [1.29, 1.82) is 0 Å². The smallest absolute Gasteiger partial charge is 0.337 e. The van der Waals surface area contributed by atoms with Gasteiger partial charge in [0.1, 0.15) is 22.1 Å². The summed E-state index contributed by atoms with van der Waals surface area (Å²) < 4.78 is 26.2. The molecule has 0 saturated carbocycles. The maximum atomic E-state index is 15.9. The molecule has 226 valence electrons. The van der Waals surface area contributed by atoms with E-state index in [1.807, 2.05) is 20.8 Å². The van der Waals surface area contributed by atoms with Gasteiger partial charge < -0.3 is 25.4 Å². The van der Waals surface area contributed by atoms with E-state index in [0.29, 0.717) is 17.7 Å². The first-order chi connectivity index (χ1) is 20.3. The van der Waals surface area contributed by atoms with Gasteiger partial charge in [-0.05, 0) is 47.7 Å². The van der Waals surface area contributed by atoms with Crippen LogP contribution in [0.4, 0.5) is 15.8 Å². The molecular weight excluding hydrogens is 598 g/mol. The highest BCUT2D eigenvalue weighted by Gasteiger charge is 2.66. The van der Waals surface area contributed by atoms with Crippen LogP contribution in [0.15, 0.2) is 48.7 Å². The second-order valence-electron chi connectivity index (χ2n) is 11.9. The summed E-state index contributed by atoms with van der Waals surface area (Å²) in [5.41, 5.74) is -0.212. The molecule has 3 heterocycles. The number of pyridine rings is 1. The van der Waals surface area contributed by atoms with Gasteiger partial charge in [0.15, 0.2) is 0 Å². The molecule has 0 radical (unpaired) electrons. The summed E-state index contributed by atoms with van der Waals surface area (Å²) >= 11 is 12.4. The van der Waals surface area contributed by atoms with Gasteiger partial charge in [0.25, 0.3) is 0 Å². The lowest BCUT2D eigenvalue weighted by atomic mass is 9.62. The van der Waals surface area contributed by atoms with Crippen LogP contribution in [0.5, 0.6) is 5.75 Å². The molecule has 2 amide bonds. The summed E-state index contributed by atoms with van der Waals surface area (Å²) in [5.74, 6) is -3.10. The minimum atomic E-state index is -1.45. The van der Waals surface area contributed by atoms with Gasteiger partial charge in [-0.1, -0.05) is 56.1 Å². The molecule has 5 rings (SSSR count). The van der Waals surface area contributed by atoms with E-state index in [1.54, 1.807) is 12.1 Å². The Morgan fingerprint density at radius 2 is 1.88 bits per heavy atom. The number of hydrogen-bond acceptors (Lipinski definition) is 7. The number of aromatic nitrogens is 1. The first-order valence-corrected chi connectivity index (χ1v) is 14.3. The largest absolute Gasteiger partial charge is 0.495 e. The Labute approximate surface area is 258 Å². The molecule has 1 spiro atoms. The molecule has 1 aromatic heterocycles.